The lowest BCUT2D eigenvalue weighted by atomic mass is 10.0. The van der Waals surface area contributed by atoms with Crippen molar-refractivity contribution in [3.63, 3.8) is 0 Å². The highest BCUT2D eigenvalue weighted by atomic mass is 16.5. The Morgan fingerprint density at radius 2 is 1.30 bits per heavy atom. The third kappa shape index (κ3) is 8.40. The van der Waals surface area contributed by atoms with Crippen molar-refractivity contribution in [2.75, 3.05) is 6.61 Å². The highest BCUT2D eigenvalue weighted by molar-refractivity contribution is 6.09. The summed E-state index contributed by atoms with van der Waals surface area (Å²) in [6, 6.07) is 13.1. The summed E-state index contributed by atoms with van der Waals surface area (Å²) in [4.78, 5) is 23.6. The van der Waals surface area contributed by atoms with E-state index in [1.165, 1.54) is 69.9 Å². The lowest BCUT2D eigenvalue weighted by molar-refractivity contribution is 0.0697. The standard InChI is InChI=1S/C26H34O4/c1-2-3-4-5-6-7-8-9-10-11-19-30-24-17-15-21(16-18-24)25(27)22-13-12-14-23(20-22)26(28)29/h12-18,20H,2-11,19H2,1H3,(H,28,29). The van der Waals surface area contributed by atoms with Crippen LogP contribution in [0.3, 0.4) is 0 Å². The molecule has 0 aliphatic heterocycles. The minimum atomic E-state index is -1.04. The molecule has 0 atom stereocenters. The number of rotatable bonds is 15. The number of ether oxygens (including phenoxy) is 1. The summed E-state index contributed by atoms with van der Waals surface area (Å²) in [5, 5.41) is 9.07. The molecule has 30 heavy (non-hydrogen) atoms. The Bertz CT molecular complexity index is 780. The van der Waals surface area contributed by atoms with Crippen molar-refractivity contribution in [2.24, 2.45) is 0 Å². The maximum atomic E-state index is 12.6. The normalized spacial score (nSPS) is 10.7. The smallest absolute Gasteiger partial charge is 0.335 e. The molecule has 0 radical (unpaired) electrons. The minimum absolute atomic E-state index is 0.109. The molecular formula is C26H34O4. The molecule has 4 nitrogen and oxygen atoms in total. The number of carboxylic acids is 1. The molecule has 162 valence electrons. The van der Waals surface area contributed by atoms with Crippen LogP contribution in [0.15, 0.2) is 48.5 Å². The Morgan fingerprint density at radius 3 is 1.90 bits per heavy atom. The Balaban J connectivity index is 1.66. The van der Waals surface area contributed by atoms with E-state index in [9.17, 15) is 9.59 Å². The highest BCUT2D eigenvalue weighted by Gasteiger charge is 2.12. The summed E-state index contributed by atoms with van der Waals surface area (Å²) in [6.07, 6.45) is 12.9. The van der Waals surface area contributed by atoms with Gasteiger partial charge in [-0.15, -0.1) is 0 Å². The number of hydrogen-bond donors (Lipinski definition) is 1. The maximum absolute atomic E-state index is 12.6. The van der Waals surface area contributed by atoms with Crippen LogP contribution in [0.25, 0.3) is 0 Å². The lowest BCUT2D eigenvalue weighted by Crippen LogP contribution is -2.04. The summed E-state index contributed by atoms with van der Waals surface area (Å²) in [7, 11) is 0. The van der Waals surface area contributed by atoms with Crippen molar-refractivity contribution in [1.29, 1.82) is 0 Å². The zero-order chi connectivity index (χ0) is 21.6. The van der Waals surface area contributed by atoms with E-state index in [4.69, 9.17) is 9.84 Å². The van der Waals surface area contributed by atoms with Gasteiger partial charge in [0.25, 0.3) is 0 Å². The Kier molecular flexibility index (Phi) is 10.7. The molecule has 2 aromatic rings. The van der Waals surface area contributed by atoms with Crippen molar-refractivity contribution >= 4 is 11.8 Å². The second-order valence-electron chi connectivity index (χ2n) is 7.77. The number of carboxylic acid groups (broad SMARTS) is 1. The van der Waals surface area contributed by atoms with Gasteiger partial charge in [0, 0.05) is 11.1 Å². The van der Waals surface area contributed by atoms with E-state index in [-0.39, 0.29) is 11.3 Å². The predicted molar refractivity (Wildman–Crippen MR) is 121 cm³/mol. The fraction of sp³-hybridized carbons (Fsp3) is 0.462. The molecule has 2 aromatic carbocycles. The van der Waals surface area contributed by atoms with Gasteiger partial charge in [0.2, 0.25) is 0 Å². The van der Waals surface area contributed by atoms with Gasteiger partial charge in [-0.05, 0) is 42.8 Å². The Hall–Kier alpha value is -2.62. The molecule has 0 aliphatic rings. The lowest BCUT2D eigenvalue weighted by Gasteiger charge is -2.08. The van der Waals surface area contributed by atoms with Gasteiger partial charge in [-0.3, -0.25) is 4.79 Å². The van der Waals surface area contributed by atoms with E-state index in [1.54, 1.807) is 36.4 Å². The van der Waals surface area contributed by atoms with Crippen LogP contribution >= 0.6 is 0 Å². The second-order valence-corrected chi connectivity index (χ2v) is 7.77. The minimum Gasteiger partial charge on any atom is -0.494 e. The SMILES string of the molecule is CCCCCCCCCCCCOc1ccc(C(=O)c2cccc(C(=O)O)c2)cc1. The van der Waals surface area contributed by atoms with E-state index in [2.05, 4.69) is 6.92 Å². The zero-order valence-corrected chi connectivity index (χ0v) is 18.1. The summed E-state index contributed by atoms with van der Waals surface area (Å²) in [6.45, 7) is 2.93. The zero-order valence-electron chi connectivity index (χ0n) is 18.1. The number of ketones is 1. The first kappa shape index (κ1) is 23.7. The maximum Gasteiger partial charge on any atom is 0.335 e. The highest BCUT2D eigenvalue weighted by Crippen LogP contribution is 2.17. The molecule has 0 unspecified atom stereocenters. The number of aromatic carboxylic acids is 1. The van der Waals surface area contributed by atoms with Crippen molar-refractivity contribution < 1.29 is 19.4 Å². The number of hydrogen-bond acceptors (Lipinski definition) is 3. The Morgan fingerprint density at radius 1 is 0.733 bits per heavy atom. The van der Waals surface area contributed by atoms with Gasteiger partial charge < -0.3 is 9.84 Å². The van der Waals surface area contributed by atoms with Gasteiger partial charge in [0.1, 0.15) is 5.75 Å². The van der Waals surface area contributed by atoms with Crippen LogP contribution in [-0.2, 0) is 0 Å². The average Bonchev–Trinajstić information content (AvgIpc) is 2.77. The Labute approximate surface area is 180 Å². The van der Waals surface area contributed by atoms with Crippen molar-refractivity contribution in [3.05, 3.63) is 65.2 Å². The van der Waals surface area contributed by atoms with Crippen LogP contribution in [-0.4, -0.2) is 23.5 Å². The predicted octanol–water partition coefficient (Wildman–Crippen LogP) is 6.92. The fourth-order valence-corrected chi connectivity index (χ4v) is 3.44. The molecule has 0 heterocycles. The third-order valence-electron chi connectivity index (χ3n) is 5.25. The number of unbranched alkanes of at least 4 members (excludes halogenated alkanes) is 9. The summed E-state index contributed by atoms with van der Waals surface area (Å²) in [5.74, 6) is -0.485. The van der Waals surface area contributed by atoms with Crippen LogP contribution < -0.4 is 4.74 Å². The molecular weight excluding hydrogens is 376 g/mol. The molecule has 0 aliphatic carbocycles. The molecule has 2 rings (SSSR count). The molecule has 0 aromatic heterocycles. The van der Waals surface area contributed by atoms with Gasteiger partial charge in [-0.25, -0.2) is 4.79 Å². The van der Waals surface area contributed by atoms with Gasteiger partial charge in [0.05, 0.1) is 12.2 Å². The molecule has 4 heteroatoms. The first-order valence-electron chi connectivity index (χ1n) is 11.2. The van der Waals surface area contributed by atoms with Crippen molar-refractivity contribution in [3.8, 4) is 5.75 Å². The molecule has 0 fully saturated rings. The topological polar surface area (TPSA) is 63.6 Å². The van der Waals surface area contributed by atoms with E-state index in [0.717, 1.165) is 12.2 Å². The van der Waals surface area contributed by atoms with E-state index in [0.29, 0.717) is 17.7 Å². The largest absolute Gasteiger partial charge is 0.494 e. The first-order chi connectivity index (χ1) is 14.6. The van der Waals surface area contributed by atoms with E-state index in [1.807, 2.05) is 0 Å². The molecule has 0 spiro atoms. The average molecular weight is 411 g/mol. The summed E-state index contributed by atoms with van der Waals surface area (Å²) in [5.41, 5.74) is 0.995. The molecule has 0 saturated heterocycles. The van der Waals surface area contributed by atoms with Crippen LogP contribution in [0.2, 0.25) is 0 Å². The van der Waals surface area contributed by atoms with Crippen molar-refractivity contribution in [2.45, 2.75) is 71.1 Å². The number of carbonyl (C=O) groups excluding carboxylic acids is 1. The molecule has 0 saturated carbocycles. The van der Waals surface area contributed by atoms with Gasteiger partial charge in [0.15, 0.2) is 5.78 Å². The summed E-state index contributed by atoms with van der Waals surface area (Å²) >= 11 is 0. The molecule has 0 bridgehead atoms. The number of carbonyl (C=O) groups is 2. The van der Waals surface area contributed by atoms with E-state index < -0.39 is 5.97 Å². The van der Waals surface area contributed by atoms with Crippen LogP contribution in [0.1, 0.15) is 97.4 Å². The van der Waals surface area contributed by atoms with Crippen LogP contribution in [0, 0.1) is 0 Å². The van der Waals surface area contributed by atoms with Gasteiger partial charge >= 0.3 is 5.97 Å². The van der Waals surface area contributed by atoms with Crippen LogP contribution in [0.4, 0.5) is 0 Å². The molecule has 1 N–H and O–H groups in total. The number of benzene rings is 2. The monoisotopic (exact) mass is 410 g/mol. The van der Waals surface area contributed by atoms with Crippen LogP contribution in [0.5, 0.6) is 5.75 Å². The summed E-state index contributed by atoms with van der Waals surface area (Å²) < 4.78 is 5.78. The van der Waals surface area contributed by atoms with E-state index >= 15 is 0 Å². The van der Waals surface area contributed by atoms with Gasteiger partial charge in [-0.1, -0.05) is 76.8 Å². The first-order valence-corrected chi connectivity index (χ1v) is 11.2. The van der Waals surface area contributed by atoms with Crippen molar-refractivity contribution in [1.82, 2.24) is 0 Å². The molecule has 0 amide bonds. The third-order valence-corrected chi connectivity index (χ3v) is 5.25. The quantitative estimate of drug-likeness (QED) is 0.256. The van der Waals surface area contributed by atoms with Gasteiger partial charge in [-0.2, -0.15) is 0 Å². The fourth-order valence-electron chi connectivity index (χ4n) is 3.44. The second kappa shape index (κ2) is 13.6.